The Balaban J connectivity index is 1.47. The molecule has 1 aliphatic heterocycles. The number of hydrogen-bond donors (Lipinski definition) is 1. The summed E-state index contributed by atoms with van der Waals surface area (Å²) in [6, 6.07) is 2.13. The Morgan fingerprint density at radius 3 is 2.73 bits per heavy atom. The quantitative estimate of drug-likeness (QED) is 0.680. The Morgan fingerprint density at radius 1 is 1.27 bits per heavy atom. The van der Waals surface area contributed by atoms with E-state index in [1.54, 1.807) is 6.08 Å². The number of fused-ring (bicyclic) bond motifs is 1. The molecule has 0 unspecified atom stereocenters. The maximum atomic E-state index is 14.5. The third kappa shape index (κ3) is 4.14. The molecule has 30 heavy (non-hydrogen) atoms. The third-order valence-electron chi connectivity index (χ3n) is 5.35. The highest BCUT2D eigenvalue weighted by Gasteiger charge is 2.38. The van der Waals surface area contributed by atoms with Crippen molar-refractivity contribution in [2.75, 3.05) is 6.54 Å². The van der Waals surface area contributed by atoms with Crippen LogP contribution in [-0.4, -0.2) is 34.5 Å². The summed E-state index contributed by atoms with van der Waals surface area (Å²) in [6.45, 7) is -0.336. The summed E-state index contributed by atoms with van der Waals surface area (Å²) in [5.41, 5.74) is 0.836. The van der Waals surface area contributed by atoms with Gasteiger partial charge in [-0.2, -0.15) is 8.78 Å². The minimum Gasteiger partial charge on any atom is -0.415 e. The lowest BCUT2D eigenvalue weighted by atomic mass is 9.86. The van der Waals surface area contributed by atoms with Gasteiger partial charge in [0.1, 0.15) is 5.82 Å². The molecule has 0 bridgehead atoms. The predicted molar refractivity (Wildman–Crippen MR) is 96.0 cm³/mol. The highest BCUT2D eigenvalue weighted by Crippen LogP contribution is 2.32. The van der Waals surface area contributed by atoms with Gasteiger partial charge in [-0.1, -0.05) is 6.08 Å². The number of alkyl halides is 4. The van der Waals surface area contributed by atoms with Crippen molar-refractivity contribution in [1.82, 2.24) is 15.5 Å². The molecule has 1 N–H and O–H groups in total. The summed E-state index contributed by atoms with van der Waals surface area (Å²) in [5.74, 6) is -4.93. The van der Waals surface area contributed by atoms with Crippen molar-refractivity contribution in [3.8, 4) is 11.5 Å². The summed E-state index contributed by atoms with van der Waals surface area (Å²) in [7, 11) is 0. The first kappa shape index (κ1) is 20.6. The Bertz CT molecular complexity index is 1000. The van der Waals surface area contributed by atoms with E-state index in [1.807, 2.05) is 0 Å². The number of rotatable bonds is 6. The van der Waals surface area contributed by atoms with Crippen LogP contribution < -0.4 is 5.32 Å². The maximum absolute atomic E-state index is 14.5. The largest absolute Gasteiger partial charge is 0.415 e. The molecule has 0 spiro atoms. The molecule has 1 aromatic heterocycles. The number of benzene rings is 1. The van der Waals surface area contributed by atoms with Crippen LogP contribution in [0.2, 0.25) is 0 Å². The Labute approximate surface area is 168 Å². The number of allylic oxidation sites excluding steroid dienone is 2. The summed E-state index contributed by atoms with van der Waals surface area (Å²) in [5, 5.41) is 9.47. The van der Waals surface area contributed by atoms with Gasteiger partial charge in [-0.05, 0) is 43.4 Å². The first-order valence-corrected chi connectivity index (χ1v) is 9.53. The van der Waals surface area contributed by atoms with Gasteiger partial charge < -0.3 is 9.73 Å². The zero-order valence-electron chi connectivity index (χ0n) is 15.7. The lowest BCUT2D eigenvalue weighted by molar-refractivity contribution is 0.0208. The monoisotopic (exact) mass is 427 g/mol. The Morgan fingerprint density at radius 2 is 2.07 bits per heavy atom. The van der Waals surface area contributed by atoms with Gasteiger partial charge in [-0.25, -0.2) is 13.2 Å². The smallest absolute Gasteiger partial charge is 0.314 e. The first-order valence-electron chi connectivity index (χ1n) is 9.53. The molecule has 0 radical (unpaired) electrons. The van der Waals surface area contributed by atoms with Crippen molar-refractivity contribution in [3.05, 3.63) is 46.6 Å². The van der Waals surface area contributed by atoms with Gasteiger partial charge >= 0.3 is 6.43 Å². The number of aromatic nitrogens is 2. The van der Waals surface area contributed by atoms with Crippen molar-refractivity contribution < 1.29 is 31.2 Å². The number of halogens is 5. The average Bonchev–Trinajstić information content (AvgIpc) is 3.31. The first-order chi connectivity index (χ1) is 14.2. The SMILES string of the molecule is O=C1C(CCC[C@H]2CC(F)(F)CN2)=CCc2c(F)cc(-c3nnc(C(F)F)o3)cc21. The zero-order chi connectivity index (χ0) is 21.5. The molecule has 1 aliphatic carbocycles. The van der Waals surface area contributed by atoms with Gasteiger partial charge in [-0.15, -0.1) is 10.2 Å². The number of carbonyl (C=O) groups is 1. The fourth-order valence-corrected chi connectivity index (χ4v) is 3.86. The van der Waals surface area contributed by atoms with Gasteiger partial charge in [0, 0.05) is 29.2 Å². The fourth-order valence-electron chi connectivity index (χ4n) is 3.86. The number of ketones is 1. The number of nitrogens with one attached hydrogen (secondary N) is 1. The van der Waals surface area contributed by atoms with Crippen LogP contribution in [0.1, 0.15) is 53.9 Å². The van der Waals surface area contributed by atoms with Gasteiger partial charge in [0.25, 0.3) is 11.8 Å². The molecular weight excluding hydrogens is 409 g/mol. The topological polar surface area (TPSA) is 68.0 Å². The maximum Gasteiger partial charge on any atom is 0.314 e. The van der Waals surface area contributed by atoms with Crippen LogP contribution in [0.25, 0.3) is 11.5 Å². The number of hydrogen-bond acceptors (Lipinski definition) is 5. The molecule has 5 nitrogen and oxygen atoms in total. The van der Waals surface area contributed by atoms with Gasteiger partial charge in [0.2, 0.25) is 5.89 Å². The molecule has 1 saturated heterocycles. The fraction of sp³-hybridized carbons (Fsp3) is 0.450. The van der Waals surface area contributed by atoms with E-state index >= 15 is 0 Å². The average molecular weight is 427 g/mol. The molecule has 1 fully saturated rings. The second kappa shape index (κ2) is 7.90. The standard InChI is InChI=1S/C20H18F5N3O2/c21-15-7-11(18-27-28-19(30-18)17(22)23)6-14-13(15)5-4-10(16(14)29)2-1-3-12-8-20(24,25)9-26-12/h4,6-7,12,17,26H,1-3,5,8-9H2/t12-/m0/s1. The molecule has 160 valence electrons. The lowest BCUT2D eigenvalue weighted by Crippen LogP contribution is -2.22. The molecule has 2 aromatic rings. The molecule has 4 rings (SSSR count). The van der Waals surface area contributed by atoms with Gasteiger partial charge in [0.15, 0.2) is 5.78 Å². The normalized spacial score (nSPS) is 20.5. The van der Waals surface area contributed by atoms with Crippen molar-refractivity contribution in [3.63, 3.8) is 0 Å². The van der Waals surface area contributed by atoms with E-state index in [9.17, 15) is 26.7 Å². The Kier molecular flexibility index (Phi) is 5.44. The lowest BCUT2D eigenvalue weighted by Gasteiger charge is -2.18. The zero-order valence-corrected chi connectivity index (χ0v) is 15.7. The second-order valence-corrected chi connectivity index (χ2v) is 7.52. The number of nitrogens with zero attached hydrogens (tertiary/aromatic N) is 2. The van der Waals surface area contributed by atoms with Crippen molar-refractivity contribution in [1.29, 1.82) is 0 Å². The van der Waals surface area contributed by atoms with E-state index in [4.69, 9.17) is 4.42 Å². The van der Waals surface area contributed by atoms with E-state index in [-0.39, 0.29) is 53.8 Å². The van der Waals surface area contributed by atoms with Crippen LogP contribution in [0, 0.1) is 5.82 Å². The van der Waals surface area contributed by atoms with Crippen molar-refractivity contribution in [2.24, 2.45) is 0 Å². The minimum absolute atomic E-state index is 0.0395. The van der Waals surface area contributed by atoms with Crippen LogP contribution in [0.4, 0.5) is 22.0 Å². The van der Waals surface area contributed by atoms with Crippen LogP contribution in [-0.2, 0) is 6.42 Å². The summed E-state index contributed by atoms with van der Waals surface area (Å²) >= 11 is 0. The van der Waals surface area contributed by atoms with Gasteiger partial charge in [-0.3, -0.25) is 4.79 Å². The predicted octanol–water partition coefficient (Wildman–Crippen LogP) is 4.65. The van der Waals surface area contributed by atoms with Crippen molar-refractivity contribution >= 4 is 5.78 Å². The molecule has 10 heteroatoms. The van der Waals surface area contributed by atoms with Crippen LogP contribution in [0.3, 0.4) is 0 Å². The van der Waals surface area contributed by atoms with E-state index in [1.165, 1.54) is 6.07 Å². The van der Waals surface area contributed by atoms with E-state index < -0.39 is 24.1 Å². The highest BCUT2D eigenvalue weighted by molar-refractivity contribution is 6.11. The summed E-state index contributed by atoms with van der Waals surface area (Å²) in [4.78, 5) is 12.8. The van der Waals surface area contributed by atoms with E-state index in [0.717, 1.165) is 6.07 Å². The molecule has 1 aromatic carbocycles. The molecule has 0 saturated carbocycles. The Hall–Kier alpha value is -2.62. The van der Waals surface area contributed by atoms with E-state index in [0.29, 0.717) is 24.8 Å². The number of carbonyl (C=O) groups excluding carboxylic acids is 1. The second-order valence-electron chi connectivity index (χ2n) is 7.52. The van der Waals surface area contributed by atoms with E-state index in [2.05, 4.69) is 15.5 Å². The van der Waals surface area contributed by atoms with Crippen LogP contribution in [0.15, 0.2) is 28.2 Å². The van der Waals surface area contributed by atoms with Crippen LogP contribution >= 0.6 is 0 Å². The van der Waals surface area contributed by atoms with Crippen LogP contribution in [0.5, 0.6) is 0 Å². The summed E-state index contributed by atoms with van der Waals surface area (Å²) < 4.78 is 71.2. The molecule has 2 heterocycles. The molecular formula is C20H18F5N3O2. The molecule has 0 amide bonds. The molecule has 1 atom stereocenters. The summed E-state index contributed by atoms with van der Waals surface area (Å²) in [6.07, 6.45) is 0.0789. The number of Topliss-reactive ketones (excluding diaryl/α,β-unsaturated/α-hetero) is 1. The minimum atomic E-state index is -2.96. The molecule has 2 aliphatic rings. The third-order valence-corrected chi connectivity index (χ3v) is 5.35. The highest BCUT2D eigenvalue weighted by atomic mass is 19.3. The van der Waals surface area contributed by atoms with Gasteiger partial charge in [0.05, 0.1) is 6.54 Å². The van der Waals surface area contributed by atoms with Crippen molar-refractivity contribution in [2.45, 2.75) is 50.5 Å².